The Kier molecular flexibility index (Phi) is 37.9. The Morgan fingerprint density at radius 1 is 0.534 bits per heavy atom. The average molecular weight is 810 g/mol. The van der Waals surface area contributed by atoms with Gasteiger partial charge < -0.3 is 28.6 Å². The van der Waals surface area contributed by atoms with Gasteiger partial charge in [-0.1, -0.05) is 137 Å². The molecule has 8 heteroatoms. The van der Waals surface area contributed by atoms with Gasteiger partial charge >= 0.3 is 11.9 Å². The molecule has 0 rings (SSSR count). The molecular weight excluding hydrogens is 727 g/mol. The standard InChI is InChI=1S/C50H83NO7/c1-6-8-10-12-14-16-18-20-22-23-24-25-27-28-30-32-34-36-38-40-48(52)57-45-46(44-56-43-42-47(50(54)55)51(3,4)5)58-49(53)41-39-37-35-33-31-29-26-21-19-17-15-13-11-9-7-2/h9,11,14-17,20-22,24-26,31,33,46-47H,6-8,10,12-13,18-19,23,27-30,32,34-45H2,1-5H3/b11-9-,16-14-,17-15-,22-20-,25-24-,26-21-,33-31-. The van der Waals surface area contributed by atoms with Crippen LogP contribution in [-0.2, 0) is 28.6 Å². The van der Waals surface area contributed by atoms with Crippen molar-refractivity contribution in [1.82, 2.24) is 0 Å². The summed E-state index contributed by atoms with van der Waals surface area (Å²) in [5.41, 5.74) is 0. The maximum atomic E-state index is 12.7. The number of unbranched alkanes of at least 4 members (excludes halogenated alkanes) is 11. The lowest BCUT2D eigenvalue weighted by atomic mass is 10.1. The minimum absolute atomic E-state index is 0.0145. The summed E-state index contributed by atoms with van der Waals surface area (Å²) in [5.74, 6) is -1.82. The Balaban J connectivity index is 4.42. The molecule has 0 N–H and O–H groups in total. The second kappa shape index (κ2) is 40.3. The smallest absolute Gasteiger partial charge is 0.306 e. The van der Waals surface area contributed by atoms with E-state index in [1.165, 1.54) is 38.5 Å². The lowest BCUT2D eigenvalue weighted by molar-refractivity contribution is -0.889. The first-order valence-electron chi connectivity index (χ1n) is 22.6. The molecule has 2 atom stereocenters. The number of nitrogens with zero attached hydrogens (tertiary/aromatic N) is 1. The Labute approximate surface area is 354 Å². The Morgan fingerprint density at radius 3 is 1.47 bits per heavy atom. The Bertz CT molecular complexity index is 1220. The number of carboxylic acid groups (broad SMARTS) is 1. The molecule has 0 bridgehead atoms. The van der Waals surface area contributed by atoms with Crippen molar-refractivity contribution in [3.05, 3.63) is 85.1 Å². The molecular formula is C50H83NO7. The highest BCUT2D eigenvalue weighted by atomic mass is 16.6. The van der Waals surface area contributed by atoms with Gasteiger partial charge in [-0.3, -0.25) is 9.59 Å². The monoisotopic (exact) mass is 810 g/mol. The van der Waals surface area contributed by atoms with Gasteiger partial charge in [0.05, 0.1) is 40.3 Å². The number of hydrogen-bond acceptors (Lipinski definition) is 7. The van der Waals surface area contributed by atoms with Gasteiger partial charge in [-0.25, -0.2) is 0 Å². The summed E-state index contributed by atoms with van der Waals surface area (Å²) < 4.78 is 17.1. The number of likely N-dealkylation sites (N-methyl/N-ethyl adjacent to an activating group) is 1. The van der Waals surface area contributed by atoms with Gasteiger partial charge in [0.15, 0.2) is 6.10 Å². The molecule has 0 aliphatic heterocycles. The molecule has 0 fully saturated rings. The molecule has 58 heavy (non-hydrogen) atoms. The number of allylic oxidation sites excluding steroid dienone is 14. The molecule has 0 spiro atoms. The van der Waals surface area contributed by atoms with Crippen molar-refractivity contribution in [2.75, 3.05) is 41.0 Å². The first kappa shape index (κ1) is 54.5. The zero-order valence-electron chi connectivity index (χ0n) is 37.4. The normalized spacial score (nSPS) is 13.7. The fraction of sp³-hybridized carbons (Fsp3) is 0.660. The van der Waals surface area contributed by atoms with Crippen molar-refractivity contribution in [1.29, 1.82) is 0 Å². The number of ether oxygens (including phenoxy) is 3. The lowest BCUT2D eigenvalue weighted by Crippen LogP contribution is -2.55. The number of hydrogen-bond donors (Lipinski definition) is 0. The van der Waals surface area contributed by atoms with Crippen LogP contribution in [0.1, 0.15) is 162 Å². The van der Waals surface area contributed by atoms with Crippen LogP contribution in [0.4, 0.5) is 0 Å². The van der Waals surface area contributed by atoms with Crippen LogP contribution in [0, 0.1) is 0 Å². The molecule has 8 nitrogen and oxygen atoms in total. The summed E-state index contributed by atoms with van der Waals surface area (Å²) in [6.45, 7) is 4.44. The first-order valence-corrected chi connectivity index (χ1v) is 22.6. The predicted octanol–water partition coefficient (Wildman–Crippen LogP) is 11.2. The number of aliphatic carboxylic acids is 1. The topological polar surface area (TPSA) is 102 Å². The summed E-state index contributed by atoms with van der Waals surface area (Å²) in [6, 6.07) is -0.740. The third kappa shape index (κ3) is 38.1. The summed E-state index contributed by atoms with van der Waals surface area (Å²) in [6.07, 6.45) is 51.8. The van der Waals surface area contributed by atoms with Gasteiger partial charge in [-0.2, -0.15) is 0 Å². The molecule has 330 valence electrons. The zero-order valence-corrected chi connectivity index (χ0v) is 37.4. The van der Waals surface area contributed by atoms with Gasteiger partial charge in [0.25, 0.3) is 0 Å². The van der Waals surface area contributed by atoms with Gasteiger partial charge in [-0.05, 0) is 89.9 Å². The van der Waals surface area contributed by atoms with E-state index >= 15 is 0 Å². The van der Waals surface area contributed by atoms with E-state index < -0.39 is 18.1 Å². The highest BCUT2D eigenvalue weighted by Crippen LogP contribution is 2.12. The number of quaternary nitrogens is 1. The van der Waals surface area contributed by atoms with E-state index in [0.717, 1.165) is 83.5 Å². The average Bonchev–Trinajstić information content (AvgIpc) is 3.18. The maximum Gasteiger partial charge on any atom is 0.306 e. The molecule has 0 saturated heterocycles. The van der Waals surface area contributed by atoms with Crippen molar-refractivity contribution in [2.45, 2.75) is 174 Å². The van der Waals surface area contributed by atoms with Crippen LogP contribution in [0.3, 0.4) is 0 Å². The van der Waals surface area contributed by atoms with E-state index in [-0.39, 0.29) is 49.1 Å². The van der Waals surface area contributed by atoms with Gasteiger partial charge in [0, 0.05) is 19.3 Å². The van der Waals surface area contributed by atoms with Gasteiger partial charge in [-0.15, -0.1) is 0 Å². The summed E-state index contributed by atoms with van der Waals surface area (Å²) >= 11 is 0. The third-order valence-corrected chi connectivity index (χ3v) is 9.52. The number of carbonyl (C=O) groups excluding carboxylic acids is 3. The molecule has 0 heterocycles. The van der Waals surface area contributed by atoms with Gasteiger partial charge in [0.1, 0.15) is 12.6 Å². The van der Waals surface area contributed by atoms with Crippen molar-refractivity contribution in [3.63, 3.8) is 0 Å². The highest BCUT2D eigenvalue weighted by molar-refractivity contribution is 5.70. The second-order valence-corrected chi connectivity index (χ2v) is 15.9. The number of rotatable bonds is 39. The molecule has 0 radical (unpaired) electrons. The van der Waals surface area contributed by atoms with E-state index in [1.807, 2.05) is 0 Å². The van der Waals surface area contributed by atoms with Crippen LogP contribution < -0.4 is 5.11 Å². The van der Waals surface area contributed by atoms with Gasteiger partial charge in [0.2, 0.25) is 0 Å². The van der Waals surface area contributed by atoms with E-state index in [0.29, 0.717) is 12.8 Å². The molecule has 0 aromatic rings. The predicted molar refractivity (Wildman–Crippen MR) is 240 cm³/mol. The van der Waals surface area contributed by atoms with Crippen molar-refractivity contribution >= 4 is 17.9 Å². The van der Waals surface area contributed by atoms with Crippen LogP contribution in [0.25, 0.3) is 0 Å². The summed E-state index contributed by atoms with van der Waals surface area (Å²) in [5, 5.41) is 11.6. The fourth-order valence-electron chi connectivity index (χ4n) is 6.01. The number of esters is 2. The molecule has 0 amide bonds. The third-order valence-electron chi connectivity index (χ3n) is 9.52. The SMILES string of the molecule is CC/C=C\C/C=C\C/C=C\C/C=C\CCCCC(=O)OC(COCCC(C(=O)[O-])[N+](C)(C)C)COC(=O)CCCCCCCC/C=C\C/C=C\C/C=C\CCCCC. The van der Waals surface area contributed by atoms with E-state index in [9.17, 15) is 19.5 Å². The quantitative estimate of drug-likeness (QED) is 0.0264. The molecule has 0 aliphatic rings. The number of carbonyl (C=O) groups is 3. The fourth-order valence-corrected chi connectivity index (χ4v) is 6.01. The van der Waals surface area contributed by atoms with E-state index in [1.54, 1.807) is 21.1 Å². The minimum atomic E-state index is -1.14. The van der Waals surface area contributed by atoms with E-state index in [4.69, 9.17) is 14.2 Å². The van der Waals surface area contributed by atoms with Crippen LogP contribution in [0.5, 0.6) is 0 Å². The second-order valence-electron chi connectivity index (χ2n) is 15.9. The number of carboxylic acids is 1. The molecule has 0 aromatic heterocycles. The molecule has 0 aromatic carbocycles. The highest BCUT2D eigenvalue weighted by Gasteiger charge is 2.25. The molecule has 0 saturated carbocycles. The molecule has 2 unspecified atom stereocenters. The lowest BCUT2D eigenvalue weighted by Gasteiger charge is -2.34. The van der Waals surface area contributed by atoms with Crippen molar-refractivity contribution < 1.29 is 38.2 Å². The van der Waals surface area contributed by atoms with Crippen molar-refractivity contribution in [2.24, 2.45) is 0 Å². The molecule has 0 aliphatic carbocycles. The summed E-state index contributed by atoms with van der Waals surface area (Å²) in [7, 11) is 5.38. The first-order chi connectivity index (χ1) is 28.1. The van der Waals surface area contributed by atoms with Crippen LogP contribution in [0.15, 0.2) is 85.1 Å². The Hall–Kier alpha value is -3.49. The maximum absolute atomic E-state index is 12.7. The zero-order chi connectivity index (χ0) is 42.8. The Morgan fingerprint density at radius 2 is 0.966 bits per heavy atom. The summed E-state index contributed by atoms with van der Waals surface area (Å²) in [4.78, 5) is 36.9. The van der Waals surface area contributed by atoms with Crippen molar-refractivity contribution in [3.8, 4) is 0 Å². The minimum Gasteiger partial charge on any atom is -0.544 e. The van der Waals surface area contributed by atoms with Crippen LogP contribution in [0.2, 0.25) is 0 Å². The van der Waals surface area contributed by atoms with Crippen LogP contribution >= 0.6 is 0 Å². The largest absolute Gasteiger partial charge is 0.544 e. The van der Waals surface area contributed by atoms with E-state index in [2.05, 4.69) is 98.9 Å². The van der Waals surface area contributed by atoms with Crippen LogP contribution in [-0.4, -0.2) is 75.5 Å².